The quantitative estimate of drug-likeness (QED) is 0.453. The van der Waals surface area contributed by atoms with Gasteiger partial charge in [0.2, 0.25) is 0 Å². The molecule has 0 bridgehead atoms. The van der Waals surface area contributed by atoms with Crippen molar-refractivity contribution in [3.8, 4) is 34.2 Å². The van der Waals surface area contributed by atoms with Crippen molar-refractivity contribution in [1.29, 1.82) is 0 Å². The first-order valence-electron chi connectivity index (χ1n) is 10.0. The average molecular weight is 393 g/mol. The Labute approximate surface area is 161 Å². The van der Waals surface area contributed by atoms with Crippen LogP contribution in [0.4, 0.5) is 0 Å². The number of hydrogen-bond acceptors (Lipinski definition) is 3. The summed E-state index contributed by atoms with van der Waals surface area (Å²) in [5.74, 6) is 0.697. The van der Waals surface area contributed by atoms with Crippen LogP contribution in [-0.4, -0.2) is 15.0 Å². The number of rotatable bonds is 3. The largest absolute Gasteiger partial charge is 0.208 e. The molecule has 3 aromatic carbocycles. The topological polar surface area (TPSA) is 38.7 Å². The van der Waals surface area contributed by atoms with Gasteiger partial charge in [-0.25, -0.2) is 15.0 Å². The van der Waals surface area contributed by atoms with Crippen molar-refractivity contribution >= 4 is 15.9 Å². The molecule has 0 saturated heterocycles. The molecule has 0 unspecified atom stereocenters. The fourth-order valence-corrected chi connectivity index (χ4v) is 2.79. The third kappa shape index (κ3) is 3.35. The Kier molecular flexibility index (Phi) is 3.03. The van der Waals surface area contributed by atoms with Crippen LogP contribution in [0.15, 0.2) is 89.3 Å². The fraction of sp³-hybridized carbons (Fsp3) is 0. The molecule has 0 aliphatic carbocycles. The molecule has 0 saturated carbocycles. The normalized spacial score (nSPS) is 13.4. The summed E-state index contributed by atoms with van der Waals surface area (Å²) in [6.07, 6.45) is 0. The third-order valence-corrected chi connectivity index (χ3v) is 4.20. The first kappa shape index (κ1) is 10.9. The summed E-state index contributed by atoms with van der Waals surface area (Å²) in [4.78, 5) is 13.5. The highest BCUT2D eigenvalue weighted by Gasteiger charge is 2.13. The van der Waals surface area contributed by atoms with Gasteiger partial charge in [0.05, 0.1) is 6.85 Å². The highest BCUT2D eigenvalue weighted by molar-refractivity contribution is 9.10. The second-order valence-electron chi connectivity index (χ2n) is 5.15. The molecule has 120 valence electrons. The molecule has 4 rings (SSSR count). The standard InChI is InChI=1S/C21H14BrN3/c22-18-14-8-7-13-17(18)21-24-19(15-9-3-1-4-10-15)23-20(25-21)16-11-5-2-6-12-16/h1-14H/i1D,3D,4D,9D,10D. The minimum atomic E-state index is -0.461. The lowest BCUT2D eigenvalue weighted by molar-refractivity contribution is 1.07. The molecule has 0 amide bonds. The maximum absolute atomic E-state index is 8.28. The zero-order chi connectivity index (χ0) is 21.4. The van der Waals surface area contributed by atoms with Crippen LogP contribution in [0.25, 0.3) is 34.2 Å². The van der Waals surface area contributed by atoms with E-state index in [9.17, 15) is 0 Å². The zero-order valence-electron chi connectivity index (χ0n) is 17.9. The molecule has 4 aromatic rings. The summed E-state index contributed by atoms with van der Waals surface area (Å²) in [5, 5.41) is 0. The number of aromatic nitrogens is 3. The molecule has 1 heterocycles. The van der Waals surface area contributed by atoms with Gasteiger partial charge < -0.3 is 0 Å². The van der Waals surface area contributed by atoms with Gasteiger partial charge in [0.25, 0.3) is 0 Å². The van der Waals surface area contributed by atoms with E-state index < -0.39 is 18.1 Å². The molecule has 0 N–H and O–H groups in total. The monoisotopic (exact) mass is 392 g/mol. The molecule has 4 heteroatoms. The molecule has 0 radical (unpaired) electrons. The Morgan fingerprint density at radius 3 is 1.96 bits per heavy atom. The predicted octanol–water partition coefficient (Wildman–Crippen LogP) is 5.64. The lowest BCUT2D eigenvalue weighted by Gasteiger charge is -2.09. The smallest absolute Gasteiger partial charge is 0.165 e. The molecule has 1 aromatic heterocycles. The first-order chi connectivity index (χ1) is 14.4. The molecular formula is C21H14BrN3. The van der Waals surface area contributed by atoms with Gasteiger partial charge in [0, 0.05) is 21.2 Å². The Morgan fingerprint density at radius 2 is 1.24 bits per heavy atom. The summed E-state index contributed by atoms with van der Waals surface area (Å²) in [5.41, 5.74) is 1.36. The van der Waals surface area contributed by atoms with Crippen molar-refractivity contribution in [2.75, 3.05) is 0 Å². The van der Waals surface area contributed by atoms with E-state index in [1.165, 1.54) is 0 Å². The molecular weight excluding hydrogens is 374 g/mol. The molecule has 0 aliphatic rings. The van der Waals surface area contributed by atoms with Crippen LogP contribution in [0, 0.1) is 0 Å². The van der Waals surface area contributed by atoms with Crippen LogP contribution in [-0.2, 0) is 0 Å². The number of nitrogens with zero attached hydrogens (tertiary/aromatic N) is 3. The van der Waals surface area contributed by atoms with Gasteiger partial charge in [0.1, 0.15) is 0 Å². The average Bonchev–Trinajstić information content (AvgIpc) is 2.77. The highest BCUT2D eigenvalue weighted by atomic mass is 79.9. The Hall–Kier alpha value is -2.85. The van der Waals surface area contributed by atoms with Gasteiger partial charge >= 0.3 is 0 Å². The van der Waals surface area contributed by atoms with Crippen molar-refractivity contribution in [2.24, 2.45) is 0 Å². The van der Waals surface area contributed by atoms with Crippen LogP contribution >= 0.6 is 15.9 Å². The SMILES string of the molecule is [2H]c1c([2H])c([2H])c(-c2nc(-c3ccccc3)nc(-c3ccccc3Br)n2)c([2H])c1[2H]. The molecule has 3 nitrogen and oxygen atoms in total. The molecule has 0 atom stereocenters. The minimum Gasteiger partial charge on any atom is -0.208 e. The summed E-state index contributed by atoms with van der Waals surface area (Å²) in [7, 11) is 0. The Bertz CT molecular complexity index is 1240. The van der Waals surface area contributed by atoms with Crippen molar-refractivity contribution < 1.29 is 6.85 Å². The van der Waals surface area contributed by atoms with E-state index in [-0.39, 0.29) is 23.5 Å². The number of halogens is 1. The van der Waals surface area contributed by atoms with Gasteiger partial charge in [0.15, 0.2) is 17.5 Å². The van der Waals surface area contributed by atoms with E-state index in [2.05, 4.69) is 30.9 Å². The van der Waals surface area contributed by atoms with Gasteiger partial charge in [-0.1, -0.05) is 94.7 Å². The van der Waals surface area contributed by atoms with Crippen LogP contribution < -0.4 is 0 Å². The second-order valence-corrected chi connectivity index (χ2v) is 6.01. The highest BCUT2D eigenvalue weighted by Crippen LogP contribution is 2.28. The van der Waals surface area contributed by atoms with Crippen LogP contribution in [0.2, 0.25) is 0 Å². The van der Waals surface area contributed by atoms with Gasteiger partial charge in [-0.05, 0) is 6.07 Å². The van der Waals surface area contributed by atoms with E-state index in [0.717, 1.165) is 10.0 Å². The van der Waals surface area contributed by atoms with Crippen molar-refractivity contribution in [2.45, 2.75) is 0 Å². The maximum atomic E-state index is 8.28. The lowest BCUT2D eigenvalue weighted by Crippen LogP contribution is -2.00. The van der Waals surface area contributed by atoms with Gasteiger partial charge in [-0.2, -0.15) is 0 Å². The zero-order valence-corrected chi connectivity index (χ0v) is 14.5. The third-order valence-electron chi connectivity index (χ3n) is 3.51. The molecule has 0 fully saturated rings. The second kappa shape index (κ2) is 6.95. The summed E-state index contributed by atoms with van der Waals surface area (Å²) >= 11 is 3.50. The lowest BCUT2D eigenvalue weighted by atomic mass is 10.1. The Morgan fingerprint density at radius 1 is 0.640 bits per heavy atom. The van der Waals surface area contributed by atoms with Crippen LogP contribution in [0.5, 0.6) is 0 Å². The fourth-order valence-electron chi connectivity index (χ4n) is 2.33. The first-order valence-corrected chi connectivity index (χ1v) is 8.31. The maximum Gasteiger partial charge on any atom is 0.165 e. The van der Waals surface area contributed by atoms with Crippen molar-refractivity contribution in [3.05, 3.63) is 89.3 Å². The van der Waals surface area contributed by atoms with E-state index in [0.29, 0.717) is 17.2 Å². The molecule has 25 heavy (non-hydrogen) atoms. The van der Waals surface area contributed by atoms with E-state index in [1.807, 2.05) is 54.6 Å². The van der Waals surface area contributed by atoms with Crippen molar-refractivity contribution in [1.82, 2.24) is 15.0 Å². The molecule has 0 spiro atoms. The van der Waals surface area contributed by atoms with Gasteiger partial charge in [-0.3, -0.25) is 0 Å². The van der Waals surface area contributed by atoms with E-state index in [4.69, 9.17) is 6.85 Å². The predicted molar refractivity (Wildman–Crippen MR) is 104 cm³/mol. The van der Waals surface area contributed by atoms with Crippen molar-refractivity contribution in [3.63, 3.8) is 0 Å². The van der Waals surface area contributed by atoms with Crippen LogP contribution in [0.1, 0.15) is 6.85 Å². The number of hydrogen-bond donors (Lipinski definition) is 0. The minimum absolute atomic E-state index is 0.0200. The molecule has 0 aliphatic heterocycles. The van der Waals surface area contributed by atoms with E-state index in [1.54, 1.807) is 0 Å². The summed E-state index contributed by atoms with van der Waals surface area (Å²) in [6.45, 7) is 0. The van der Waals surface area contributed by atoms with Crippen LogP contribution in [0.3, 0.4) is 0 Å². The summed E-state index contributed by atoms with van der Waals surface area (Å²) < 4.78 is 41.1. The van der Waals surface area contributed by atoms with E-state index >= 15 is 0 Å². The summed E-state index contributed by atoms with van der Waals surface area (Å²) in [6, 6.07) is 14.6. The van der Waals surface area contributed by atoms with Gasteiger partial charge in [-0.15, -0.1) is 0 Å². The Balaban J connectivity index is 2.05. The number of benzene rings is 3.